The maximum atomic E-state index is 2.53. The Bertz CT molecular complexity index is 807. The van der Waals surface area contributed by atoms with Crippen LogP contribution in [0.4, 0.5) is 0 Å². The highest BCUT2D eigenvalue weighted by Crippen LogP contribution is 2.50. The van der Waals surface area contributed by atoms with Crippen LogP contribution in [0.1, 0.15) is 43.4 Å². The monoisotopic (exact) mass is 317 g/mol. The van der Waals surface area contributed by atoms with Crippen molar-refractivity contribution in [1.82, 2.24) is 0 Å². The number of hydrogen-bond donors (Lipinski definition) is 0. The van der Waals surface area contributed by atoms with E-state index in [1.54, 1.807) is 27.1 Å². The quantitative estimate of drug-likeness (QED) is 0.653. The van der Waals surface area contributed by atoms with Gasteiger partial charge in [-0.25, -0.2) is 0 Å². The summed E-state index contributed by atoms with van der Waals surface area (Å²) in [7, 11) is -1.54. The average Bonchev–Trinajstić information content (AvgIpc) is 2.99. The van der Waals surface area contributed by atoms with E-state index in [4.69, 9.17) is 0 Å². The normalized spacial score (nSPS) is 17.2. The Morgan fingerprint density at radius 3 is 2.26 bits per heavy atom. The second kappa shape index (κ2) is 5.21. The minimum absolute atomic E-state index is 1.11. The predicted molar refractivity (Wildman–Crippen MR) is 104 cm³/mol. The molecule has 1 aliphatic heterocycles. The summed E-state index contributed by atoms with van der Waals surface area (Å²) in [6.07, 6.45) is 6.04. The summed E-state index contributed by atoms with van der Waals surface area (Å²) >= 11 is 0. The van der Waals surface area contributed by atoms with Crippen LogP contribution in [0.5, 0.6) is 0 Å². The van der Waals surface area contributed by atoms with Crippen molar-refractivity contribution in [2.75, 3.05) is 0 Å². The minimum Gasteiger partial charge on any atom is -0.0651 e. The van der Waals surface area contributed by atoms with Gasteiger partial charge in [-0.15, -0.1) is 0 Å². The highest BCUT2D eigenvalue weighted by Gasteiger charge is 2.45. The first-order valence-electron chi connectivity index (χ1n) is 8.93. The molecular weight excluding hydrogens is 292 g/mol. The van der Waals surface area contributed by atoms with Gasteiger partial charge < -0.3 is 0 Å². The highest BCUT2D eigenvalue weighted by atomic mass is 28.3. The Morgan fingerprint density at radius 2 is 1.61 bits per heavy atom. The van der Waals surface area contributed by atoms with Crippen LogP contribution in [0.2, 0.25) is 13.1 Å². The van der Waals surface area contributed by atoms with Crippen molar-refractivity contribution >= 4 is 18.5 Å². The van der Waals surface area contributed by atoms with Gasteiger partial charge in [0.05, 0.1) is 0 Å². The average molecular weight is 318 g/mol. The van der Waals surface area contributed by atoms with Crippen molar-refractivity contribution in [3.05, 3.63) is 65.1 Å². The molecule has 0 atom stereocenters. The molecule has 4 rings (SSSR count). The van der Waals surface area contributed by atoms with E-state index in [1.165, 1.54) is 29.5 Å². The topological polar surface area (TPSA) is 0 Å². The van der Waals surface area contributed by atoms with Gasteiger partial charge in [-0.05, 0) is 51.0 Å². The van der Waals surface area contributed by atoms with Crippen LogP contribution >= 0.6 is 0 Å². The third kappa shape index (κ3) is 2.02. The Labute approximate surface area is 141 Å². The fourth-order valence-corrected chi connectivity index (χ4v) is 8.03. The van der Waals surface area contributed by atoms with E-state index >= 15 is 0 Å². The number of fused-ring (bicyclic) bond motifs is 1. The van der Waals surface area contributed by atoms with Crippen molar-refractivity contribution < 1.29 is 0 Å². The summed E-state index contributed by atoms with van der Waals surface area (Å²) in [6, 6.07) is 14.0. The molecule has 0 fully saturated rings. The Balaban J connectivity index is 1.95. The predicted octanol–water partition coefficient (Wildman–Crippen LogP) is 5.50. The standard InChI is InChI=1S/C22H25Si/c1-5-7-18-14-17-12-13-19-20(21(17)22(18)23(19,3)4)16-10-8-15(6-2)9-11-16/h8-14H,5-7H2,1-4H3. The lowest BCUT2D eigenvalue weighted by molar-refractivity contribution is 0.922. The van der Waals surface area contributed by atoms with Crippen molar-refractivity contribution in [1.29, 1.82) is 0 Å². The second-order valence-corrected chi connectivity index (χ2v) is 11.7. The van der Waals surface area contributed by atoms with Gasteiger partial charge in [0.15, 0.2) is 0 Å². The maximum Gasteiger partial charge on any atom is 0.113 e. The Kier molecular flexibility index (Phi) is 3.38. The molecule has 2 aromatic rings. The van der Waals surface area contributed by atoms with Crippen molar-refractivity contribution in [3.63, 3.8) is 0 Å². The molecule has 1 radical (unpaired) electrons. The summed E-state index contributed by atoms with van der Waals surface area (Å²) < 4.78 is 0. The molecule has 2 aromatic carbocycles. The lowest BCUT2D eigenvalue weighted by Crippen LogP contribution is -2.39. The molecule has 117 valence electrons. The zero-order chi connectivity index (χ0) is 16.2. The molecule has 0 nitrogen and oxygen atoms in total. The van der Waals surface area contributed by atoms with Crippen molar-refractivity contribution in [2.45, 2.75) is 46.2 Å². The maximum absolute atomic E-state index is 2.53. The molecule has 0 unspecified atom stereocenters. The molecule has 0 saturated heterocycles. The smallest absolute Gasteiger partial charge is 0.0651 e. The zero-order valence-electron chi connectivity index (χ0n) is 14.7. The molecule has 0 aromatic heterocycles. The first kappa shape index (κ1) is 15.0. The number of hydrogen-bond acceptors (Lipinski definition) is 0. The summed E-state index contributed by atoms with van der Waals surface area (Å²) in [6.45, 7) is 9.59. The molecule has 2 aliphatic rings. The summed E-state index contributed by atoms with van der Waals surface area (Å²) in [5.74, 6) is 0. The van der Waals surface area contributed by atoms with Gasteiger partial charge in [0.1, 0.15) is 8.07 Å². The molecular formula is C22H25Si. The summed E-state index contributed by atoms with van der Waals surface area (Å²) in [5, 5.41) is 3.36. The third-order valence-corrected chi connectivity index (χ3v) is 9.19. The number of allylic oxidation sites excluding steroid dienone is 1. The fraction of sp³-hybridized carbons (Fsp3) is 0.318. The van der Waals surface area contributed by atoms with E-state index < -0.39 is 8.07 Å². The van der Waals surface area contributed by atoms with Gasteiger partial charge in [0.2, 0.25) is 0 Å². The van der Waals surface area contributed by atoms with E-state index in [9.17, 15) is 0 Å². The first-order chi connectivity index (χ1) is 11.1. The van der Waals surface area contributed by atoms with Crippen LogP contribution in [0.3, 0.4) is 0 Å². The molecule has 1 aliphatic carbocycles. The Morgan fingerprint density at radius 1 is 0.870 bits per heavy atom. The molecule has 2 bridgehead atoms. The SMILES string of the molecule is CCCC1=C2c3c(ccc(c3-c3ccc(CC)cc3)[Si]2(C)C)[CH]1. The molecule has 0 saturated carbocycles. The van der Waals surface area contributed by atoms with Crippen molar-refractivity contribution in [2.24, 2.45) is 0 Å². The van der Waals surface area contributed by atoms with E-state index in [0.717, 1.165) is 6.42 Å². The number of rotatable bonds is 4. The second-order valence-electron chi connectivity index (χ2n) is 7.42. The molecule has 0 amide bonds. The van der Waals surface area contributed by atoms with E-state index in [0.29, 0.717) is 0 Å². The van der Waals surface area contributed by atoms with Crippen LogP contribution in [-0.2, 0) is 6.42 Å². The van der Waals surface area contributed by atoms with Crippen LogP contribution in [-0.4, -0.2) is 8.07 Å². The van der Waals surface area contributed by atoms with Crippen LogP contribution in [0.25, 0.3) is 16.3 Å². The van der Waals surface area contributed by atoms with Crippen LogP contribution in [0, 0.1) is 6.42 Å². The van der Waals surface area contributed by atoms with Crippen LogP contribution < -0.4 is 5.19 Å². The van der Waals surface area contributed by atoms with Gasteiger partial charge >= 0.3 is 0 Å². The molecule has 0 N–H and O–H groups in total. The highest BCUT2D eigenvalue weighted by molar-refractivity contribution is 7.07. The van der Waals surface area contributed by atoms with Gasteiger partial charge in [-0.3, -0.25) is 0 Å². The van der Waals surface area contributed by atoms with Gasteiger partial charge in [-0.1, -0.05) is 75.3 Å². The largest absolute Gasteiger partial charge is 0.113 e. The van der Waals surface area contributed by atoms with Gasteiger partial charge in [0.25, 0.3) is 0 Å². The molecule has 1 heteroatoms. The number of benzene rings is 2. The third-order valence-electron chi connectivity index (χ3n) is 5.61. The van der Waals surface area contributed by atoms with E-state index in [-0.39, 0.29) is 0 Å². The first-order valence-corrected chi connectivity index (χ1v) is 11.9. The number of aryl methyl sites for hydroxylation is 1. The van der Waals surface area contributed by atoms with E-state index in [1.807, 2.05) is 0 Å². The summed E-state index contributed by atoms with van der Waals surface area (Å²) in [5.41, 5.74) is 9.03. The van der Waals surface area contributed by atoms with Crippen LogP contribution in [0.15, 0.2) is 42.0 Å². The van der Waals surface area contributed by atoms with Gasteiger partial charge in [0, 0.05) is 6.42 Å². The zero-order valence-corrected chi connectivity index (χ0v) is 15.7. The fourth-order valence-electron chi connectivity index (χ4n) is 4.47. The van der Waals surface area contributed by atoms with Gasteiger partial charge in [-0.2, -0.15) is 0 Å². The molecule has 1 heterocycles. The molecule has 23 heavy (non-hydrogen) atoms. The molecule has 0 spiro atoms. The summed E-state index contributed by atoms with van der Waals surface area (Å²) in [4.78, 5) is 0. The lowest BCUT2D eigenvalue weighted by atomic mass is 9.96. The lowest BCUT2D eigenvalue weighted by Gasteiger charge is -2.21. The van der Waals surface area contributed by atoms with Crippen molar-refractivity contribution in [3.8, 4) is 11.1 Å². The minimum atomic E-state index is -1.54. The Hall–Kier alpha value is -1.60. The van der Waals surface area contributed by atoms with E-state index in [2.05, 4.69) is 69.8 Å².